The lowest BCUT2D eigenvalue weighted by molar-refractivity contribution is -0.139. The molecule has 138 valence electrons. The maximum Gasteiger partial charge on any atom is 0.317 e. The first-order chi connectivity index (χ1) is 12.0. The Kier molecular flexibility index (Phi) is 7.25. The lowest BCUT2D eigenvalue weighted by Crippen LogP contribution is -2.57. The molecule has 1 fully saturated rings. The van der Waals surface area contributed by atoms with E-state index in [4.69, 9.17) is 5.11 Å². The van der Waals surface area contributed by atoms with E-state index < -0.39 is 5.97 Å². The summed E-state index contributed by atoms with van der Waals surface area (Å²) >= 11 is 0. The van der Waals surface area contributed by atoms with Gasteiger partial charge in [0.2, 0.25) is 0 Å². The summed E-state index contributed by atoms with van der Waals surface area (Å²) in [7, 11) is 0. The molecule has 25 heavy (non-hydrogen) atoms. The average molecular weight is 347 g/mol. The van der Waals surface area contributed by atoms with Crippen molar-refractivity contribution in [1.29, 1.82) is 0 Å². The van der Waals surface area contributed by atoms with Crippen LogP contribution in [0.15, 0.2) is 30.3 Å². The van der Waals surface area contributed by atoms with Crippen molar-refractivity contribution in [2.45, 2.75) is 45.2 Å². The third kappa shape index (κ3) is 5.74. The first-order valence-corrected chi connectivity index (χ1v) is 9.08. The predicted octanol–water partition coefficient (Wildman–Crippen LogP) is 2.20. The van der Waals surface area contributed by atoms with Crippen molar-refractivity contribution in [3.05, 3.63) is 35.9 Å². The molecule has 0 aliphatic heterocycles. The van der Waals surface area contributed by atoms with E-state index in [0.29, 0.717) is 13.1 Å². The third-order valence-corrected chi connectivity index (χ3v) is 4.88. The Hall–Kier alpha value is -2.08. The minimum atomic E-state index is -0.799. The van der Waals surface area contributed by atoms with Crippen LogP contribution >= 0.6 is 0 Å². The minimum Gasteiger partial charge on any atom is -0.480 e. The summed E-state index contributed by atoms with van der Waals surface area (Å²) in [4.78, 5) is 27.1. The highest BCUT2D eigenvalue weighted by atomic mass is 16.4. The Labute approximate surface area is 149 Å². The average Bonchev–Trinajstić information content (AvgIpc) is 2.57. The van der Waals surface area contributed by atoms with E-state index in [1.165, 1.54) is 5.56 Å². The number of amides is 2. The Morgan fingerprint density at radius 2 is 1.84 bits per heavy atom. The maximum atomic E-state index is 12.4. The molecule has 0 aromatic heterocycles. The van der Waals surface area contributed by atoms with Crippen LogP contribution in [0.3, 0.4) is 0 Å². The summed E-state index contributed by atoms with van der Waals surface area (Å²) in [5.41, 5.74) is 1.23. The van der Waals surface area contributed by atoms with Crippen LogP contribution in [-0.2, 0) is 11.2 Å². The smallest absolute Gasteiger partial charge is 0.317 e. The second-order valence-corrected chi connectivity index (χ2v) is 6.54. The Bertz CT molecular complexity index is 558. The van der Waals surface area contributed by atoms with Gasteiger partial charge >= 0.3 is 12.0 Å². The number of nitrogens with one attached hydrogen (secondary N) is 1. The number of benzene rings is 1. The molecule has 1 aliphatic rings. The summed E-state index contributed by atoms with van der Waals surface area (Å²) in [6.45, 7) is 6.12. The fourth-order valence-corrected chi connectivity index (χ4v) is 3.25. The van der Waals surface area contributed by atoms with Crippen LogP contribution in [0.5, 0.6) is 0 Å². The number of nitrogens with zero attached hydrogens (tertiary/aromatic N) is 2. The number of carboxylic acid groups (broad SMARTS) is 1. The van der Waals surface area contributed by atoms with Gasteiger partial charge in [0.05, 0.1) is 6.54 Å². The molecule has 0 bridgehead atoms. The summed E-state index contributed by atoms with van der Waals surface area (Å²) in [6, 6.07) is 10.5. The van der Waals surface area contributed by atoms with E-state index >= 15 is 0 Å². The van der Waals surface area contributed by atoms with Crippen LogP contribution in [-0.4, -0.2) is 65.2 Å². The van der Waals surface area contributed by atoms with Gasteiger partial charge in [-0.05, 0) is 38.3 Å². The molecule has 6 nitrogen and oxygen atoms in total. The van der Waals surface area contributed by atoms with Crippen LogP contribution < -0.4 is 5.32 Å². The van der Waals surface area contributed by atoms with E-state index in [9.17, 15) is 9.59 Å². The van der Waals surface area contributed by atoms with Gasteiger partial charge in [-0.1, -0.05) is 37.3 Å². The second-order valence-electron chi connectivity index (χ2n) is 6.54. The first-order valence-electron chi connectivity index (χ1n) is 9.08. The Morgan fingerprint density at radius 1 is 1.16 bits per heavy atom. The number of carboxylic acids is 1. The van der Waals surface area contributed by atoms with Crippen molar-refractivity contribution in [1.82, 2.24) is 15.1 Å². The van der Waals surface area contributed by atoms with Crippen molar-refractivity contribution in [3.8, 4) is 0 Å². The summed E-state index contributed by atoms with van der Waals surface area (Å²) < 4.78 is 0. The second kappa shape index (κ2) is 9.42. The zero-order chi connectivity index (χ0) is 18.2. The van der Waals surface area contributed by atoms with E-state index in [1.807, 2.05) is 41.8 Å². The topological polar surface area (TPSA) is 72.9 Å². The molecule has 2 N–H and O–H groups in total. The molecule has 0 spiro atoms. The van der Waals surface area contributed by atoms with Gasteiger partial charge in [-0.3, -0.25) is 9.69 Å². The van der Waals surface area contributed by atoms with E-state index in [0.717, 1.165) is 25.8 Å². The van der Waals surface area contributed by atoms with E-state index in [-0.39, 0.29) is 24.7 Å². The highest BCUT2D eigenvalue weighted by Crippen LogP contribution is 2.25. The molecule has 6 heteroatoms. The Morgan fingerprint density at radius 3 is 2.40 bits per heavy atom. The molecule has 0 radical (unpaired) electrons. The quantitative estimate of drug-likeness (QED) is 0.718. The monoisotopic (exact) mass is 347 g/mol. The maximum absolute atomic E-state index is 12.4. The highest BCUT2D eigenvalue weighted by molar-refractivity contribution is 5.74. The standard InChI is InChI=1S/C19H29N3O3/c1-3-21(11-10-15-8-6-5-7-9-15)19(25)20-16-12-17(13-16)22(4-2)14-18(23)24/h5-9,16-17H,3-4,10-14H2,1-2H3,(H,20,25)(H,23,24). The summed E-state index contributed by atoms with van der Waals surface area (Å²) in [6.07, 6.45) is 2.49. The molecule has 0 unspecified atom stereocenters. The van der Waals surface area contributed by atoms with Gasteiger partial charge in [0.1, 0.15) is 0 Å². The van der Waals surface area contributed by atoms with Gasteiger partial charge in [0.25, 0.3) is 0 Å². The lowest BCUT2D eigenvalue weighted by Gasteiger charge is -2.42. The van der Waals surface area contributed by atoms with Crippen molar-refractivity contribution >= 4 is 12.0 Å². The van der Waals surface area contributed by atoms with Gasteiger partial charge in [0, 0.05) is 25.2 Å². The zero-order valence-electron chi connectivity index (χ0n) is 15.1. The molecular weight excluding hydrogens is 318 g/mol. The molecule has 1 aromatic rings. The number of carbonyl (C=O) groups is 2. The van der Waals surface area contributed by atoms with Crippen LogP contribution in [0.1, 0.15) is 32.3 Å². The molecule has 2 amide bonds. The number of rotatable bonds is 9. The normalized spacial score (nSPS) is 19.3. The largest absolute Gasteiger partial charge is 0.480 e. The highest BCUT2D eigenvalue weighted by Gasteiger charge is 2.35. The van der Waals surface area contributed by atoms with Gasteiger partial charge in [-0.2, -0.15) is 0 Å². The number of hydrogen-bond donors (Lipinski definition) is 2. The minimum absolute atomic E-state index is 0.0248. The molecule has 2 rings (SSSR count). The number of hydrogen-bond acceptors (Lipinski definition) is 3. The van der Waals surface area contributed by atoms with Crippen LogP contribution in [0.25, 0.3) is 0 Å². The fourth-order valence-electron chi connectivity index (χ4n) is 3.25. The summed E-state index contributed by atoms with van der Waals surface area (Å²) in [5.74, 6) is -0.799. The SMILES string of the molecule is CCN(CCc1ccccc1)C(=O)NC1CC(N(CC)CC(=O)O)C1. The number of urea groups is 1. The van der Waals surface area contributed by atoms with Crippen molar-refractivity contribution < 1.29 is 14.7 Å². The molecule has 0 saturated heterocycles. The fraction of sp³-hybridized carbons (Fsp3) is 0.579. The van der Waals surface area contributed by atoms with Gasteiger partial charge in [0.15, 0.2) is 0 Å². The van der Waals surface area contributed by atoms with Crippen LogP contribution in [0.4, 0.5) is 4.79 Å². The zero-order valence-corrected chi connectivity index (χ0v) is 15.1. The van der Waals surface area contributed by atoms with E-state index in [2.05, 4.69) is 17.4 Å². The molecule has 1 aromatic carbocycles. The lowest BCUT2D eigenvalue weighted by atomic mass is 9.85. The third-order valence-electron chi connectivity index (χ3n) is 4.88. The summed E-state index contributed by atoms with van der Waals surface area (Å²) in [5, 5.41) is 12.0. The van der Waals surface area contributed by atoms with Gasteiger partial charge < -0.3 is 15.3 Å². The molecule has 1 saturated carbocycles. The molecule has 1 aliphatic carbocycles. The van der Waals surface area contributed by atoms with Crippen molar-refractivity contribution in [3.63, 3.8) is 0 Å². The first kappa shape index (κ1) is 19.2. The van der Waals surface area contributed by atoms with Crippen LogP contribution in [0.2, 0.25) is 0 Å². The number of aliphatic carboxylic acids is 1. The van der Waals surface area contributed by atoms with Crippen molar-refractivity contribution in [2.75, 3.05) is 26.2 Å². The van der Waals surface area contributed by atoms with Crippen LogP contribution in [0, 0.1) is 0 Å². The number of likely N-dealkylation sites (N-methyl/N-ethyl adjacent to an activating group) is 2. The molecular formula is C19H29N3O3. The van der Waals surface area contributed by atoms with E-state index in [1.54, 1.807) is 0 Å². The Balaban J connectivity index is 1.74. The predicted molar refractivity (Wildman–Crippen MR) is 97.6 cm³/mol. The molecule has 0 heterocycles. The van der Waals surface area contributed by atoms with Crippen molar-refractivity contribution in [2.24, 2.45) is 0 Å². The van der Waals surface area contributed by atoms with Gasteiger partial charge in [-0.25, -0.2) is 4.79 Å². The molecule has 0 atom stereocenters. The number of carbonyl (C=O) groups excluding carboxylic acids is 1. The van der Waals surface area contributed by atoms with Gasteiger partial charge in [-0.15, -0.1) is 0 Å².